The molecule has 0 unspecified atom stereocenters. The number of urea groups is 1. The number of aromatic carboxylic acids is 1. The van der Waals surface area contributed by atoms with Gasteiger partial charge < -0.3 is 9.52 Å². The Morgan fingerprint density at radius 2 is 1.87 bits per heavy atom. The first-order chi connectivity index (χ1) is 14.8. The summed E-state index contributed by atoms with van der Waals surface area (Å²) in [5.41, 5.74) is 1.44. The first kappa shape index (κ1) is 20.6. The van der Waals surface area contributed by atoms with Gasteiger partial charge in [-0.1, -0.05) is 25.3 Å². The normalized spacial score (nSPS) is 19.1. The molecule has 1 aliphatic heterocycles. The molecule has 1 aromatic heterocycles. The van der Waals surface area contributed by atoms with Gasteiger partial charge in [0.15, 0.2) is 0 Å². The first-order valence-corrected chi connectivity index (χ1v) is 10.2. The van der Waals surface area contributed by atoms with E-state index in [2.05, 4.69) is 5.32 Å². The smallest absolute Gasteiger partial charge is 0.335 e. The van der Waals surface area contributed by atoms with Crippen molar-refractivity contribution in [2.45, 2.75) is 45.1 Å². The van der Waals surface area contributed by atoms with Crippen molar-refractivity contribution in [3.8, 4) is 11.3 Å². The molecular weight excluding hydrogens is 400 g/mol. The zero-order valence-corrected chi connectivity index (χ0v) is 17.0. The first-order valence-electron chi connectivity index (χ1n) is 10.2. The van der Waals surface area contributed by atoms with Crippen LogP contribution in [0.25, 0.3) is 17.4 Å². The van der Waals surface area contributed by atoms with Crippen LogP contribution in [0.3, 0.4) is 0 Å². The van der Waals surface area contributed by atoms with Gasteiger partial charge in [0.25, 0.3) is 11.8 Å². The Morgan fingerprint density at radius 3 is 2.55 bits per heavy atom. The van der Waals surface area contributed by atoms with E-state index in [4.69, 9.17) is 9.52 Å². The van der Waals surface area contributed by atoms with E-state index in [0.29, 0.717) is 16.9 Å². The second-order valence-corrected chi connectivity index (χ2v) is 7.82. The van der Waals surface area contributed by atoms with Crippen molar-refractivity contribution < 1.29 is 28.7 Å². The van der Waals surface area contributed by atoms with Crippen LogP contribution in [-0.4, -0.2) is 39.9 Å². The highest BCUT2D eigenvalue weighted by Crippen LogP contribution is 2.29. The fraction of sp³-hybridized carbons (Fsp3) is 0.304. The maximum Gasteiger partial charge on any atom is 0.335 e. The number of carboxylic acids is 1. The van der Waals surface area contributed by atoms with Gasteiger partial charge in [-0.05, 0) is 55.7 Å². The summed E-state index contributed by atoms with van der Waals surface area (Å²) < 4.78 is 5.80. The number of hydrogen-bond acceptors (Lipinski definition) is 5. The second kappa shape index (κ2) is 8.22. The average Bonchev–Trinajstić information content (AvgIpc) is 3.20. The Labute approximate surface area is 178 Å². The van der Waals surface area contributed by atoms with Gasteiger partial charge in [0.2, 0.25) is 0 Å². The maximum absolute atomic E-state index is 13.0. The van der Waals surface area contributed by atoms with E-state index in [0.717, 1.165) is 37.0 Å². The topological polar surface area (TPSA) is 117 Å². The van der Waals surface area contributed by atoms with Crippen molar-refractivity contribution in [3.63, 3.8) is 0 Å². The minimum Gasteiger partial charge on any atom is -0.478 e. The fourth-order valence-electron chi connectivity index (χ4n) is 4.13. The van der Waals surface area contributed by atoms with Crippen molar-refractivity contribution in [1.29, 1.82) is 0 Å². The molecule has 2 N–H and O–H groups in total. The lowest BCUT2D eigenvalue weighted by Gasteiger charge is -2.35. The highest BCUT2D eigenvalue weighted by Gasteiger charge is 2.40. The summed E-state index contributed by atoms with van der Waals surface area (Å²) in [6.07, 6.45) is 5.76. The van der Waals surface area contributed by atoms with Crippen LogP contribution >= 0.6 is 0 Å². The Morgan fingerprint density at radius 1 is 1.13 bits per heavy atom. The molecule has 1 aromatic carbocycles. The molecule has 160 valence electrons. The summed E-state index contributed by atoms with van der Waals surface area (Å²) in [4.78, 5) is 49.9. The van der Waals surface area contributed by atoms with Crippen molar-refractivity contribution in [3.05, 3.63) is 52.8 Å². The van der Waals surface area contributed by atoms with Crippen molar-refractivity contribution in [2.75, 3.05) is 0 Å². The van der Waals surface area contributed by atoms with Crippen LogP contribution in [-0.2, 0) is 9.59 Å². The molecule has 2 aromatic rings. The zero-order valence-electron chi connectivity index (χ0n) is 17.0. The van der Waals surface area contributed by atoms with Crippen LogP contribution in [0, 0.1) is 6.92 Å². The molecule has 0 bridgehead atoms. The molecule has 31 heavy (non-hydrogen) atoms. The molecule has 2 fully saturated rings. The highest BCUT2D eigenvalue weighted by atomic mass is 16.4. The summed E-state index contributed by atoms with van der Waals surface area (Å²) in [6, 6.07) is 7.10. The summed E-state index contributed by atoms with van der Waals surface area (Å²) in [5, 5.41) is 11.4. The molecule has 0 spiro atoms. The molecule has 8 nitrogen and oxygen atoms in total. The summed E-state index contributed by atoms with van der Waals surface area (Å²) >= 11 is 0. The number of amides is 4. The third-order valence-electron chi connectivity index (χ3n) is 5.73. The van der Waals surface area contributed by atoms with E-state index >= 15 is 0 Å². The van der Waals surface area contributed by atoms with E-state index in [9.17, 15) is 19.2 Å². The lowest BCUT2D eigenvalue weighted by Crippen LogP contribution is -2.58. The van der Waals surface area contributed by atoms with Crippen molar-refractivity contribution >= 4 is 29.9 Å². The number of benzene rings is 1. The van der Waals surface area contributed by atoms with Gasteiger partial charge >= 0.3 is 12.0 Å². The Hall–Kier alpha value is -3.68. The minimum absolute atomic E-state index is 0.149. The molecule has 2 aliphatic rings. The predicted molar refractivity (Wildman–Crippen MR) is 111 cm³/mol. The summed E-state index contributed by atoms with van der Waals surface area (Å²) in [5.74, 6) is -1.61. The van der Waals surface area contributed by atoms with Crippen LogP contribution in [0.15, 0.2) is 40.3 Å². The minimum atomic E-state index is -1.02. The van der Waals surface area contributed by atoms with Crippen LogP contribution in [0.2, 0.25) is 0 Å². The van der Waals surface area contributed by atoms with E-state index < -0.39 is 23.8 Å². The van der Waals surface area contributed by atoms with E-state index in [1.54, 1.807) is 31.2 Å². The van der Waals surface area contributed by atoms with Crippen LogP contribution in [0.4, 0.5) is 4.79 Å². The number of imide groups is 2. The molecule has 4 rings (SSSR count). The Bertz CT molecular complexity index is 1110. The largest absolute Gasteiger partial charge is 0.478 e. The monoisotopic (exact) mass is 422 g/mol. The molecule has 1 saturated carbocycles. The number of aryl methyl sites for hydroxylation is 1. The molecule has 1 aliphatic carbocycles. The van der Waals surface area contributed by atoms with Crippen molar-refractivity contribution in [2.24, 2.45) is 0 Å². The van der Waals surface area contributed by atoms with Gasteiger partial charge in [-0.15, -0.1) is 0 Å². The number of hydrogen-bond donors (Lipinski definition) is 2. The number of furan rings is 1. The highest BCUT2D eigenvalue weighted by molar-refractivity contribution is 6.31. The van der Waals surface area contributed by atoms with Gasteiger partial charge in [-0.3, -0.25) is 19.8 Å². The Kier molecular flexibility index (Phi) is 5.46. The molecule has 0 atom stereocenters. The molecular formula is C23H22N2O6. The predicted octanol–water partition coefficient (Wildman–Crippen LogP) is 3.75. The SMILES string of the molecule is Cc1cc(C(=O)O)ccc1-c1ccc(C=C2C(=O)NC(=O)N(C3CCCCC3)C2=O)o1. The van der Waals surface area contributed by atoms with E-state index in [-0.39, 0.29) is 22.9 Å². The average molecular weight is 422 g/mol. The summed E-state index contributed by atoms with van der Waals surface area (Å²) in [6.45, 7) is 1.77. The Balaban J connectivity index is 1.62. The van der Waals surface area contributed by atoms with Gasteiger partial charge in [-0.2, -0.15) is 0 Å². The molecule has 8 heteroatoms. The second-order valence-electron chi connectivity index (χ2n) is 7.82. The standard InChI is InChI=1S/C23H22N2O6/c1-13-11-14(22(28)29)7-9-17(13)19-10-8-16(31-19)12-18-20(26)24-23(30)25(21(18)27)15-5-3-2-4-6-15/h7-12,15H,2-6H2,1H3,(H,28,29)(H,24,26,30). The molecule has 2 heterocycles. The maximum atomic E-state index is 13.0. The number of carbonyl (C=O) groups excluding carboxylic acids is 3. The van der Waals surface area contributed by atoms with Crippen molar-refractivity contribution in [1.82, 2.24) is 10.2 Å². The van der Waals surface area contributed by atoms with Gasteiger partial charge in [0.1, 0.15) is 17.1 Å². The lowest BCUT2D eigenvalue weighted by atomic mass is 9.93. The van der Waals surface area contributed by atoms with Gasteiger partial charge in [0, 0.05) is 11.6 Å². The zero-order chi connectivity index (χ0) is 22.1. The van der Waals surface area contributed by atoms with Gasteiger partial charge in [0.05, 0.1) is 5.56 Å². The summed E-state index contributed by atoms with van der Waals surface area (Å²) in [7, 11) is 0. The number of nitrogens with zero attached hydrogens (tertiary/aromatic N) is 1. The third-order valence-corrected chi connectivity index (χ3v) is 5.73. The number of carboxylic acid groups (broad SMARTS) is 1. The third kappa shape index (κ3) is 4.01. The number of barbiturate groups is 1. The number of rotatable bonds is 4. The van der Waals surface area contributed by atoms with Crippen LogP contribution in [0.1, 0.15) is 53.8 Å². The van der Waals surface area contributed by atoms with E-state index in [1.807, 2.05) is 0 Å². The number of carbonyl (C=O) groups is 4. The van der Waals surface area contributed by atoms with Gasteiger partial charge in [-0.25, -0.2) is 9.59 Å². The molecule has 0 radical (unpaired) electrons. The number of nitrogens with one attached hydrogen (secondary N) is 1. The molecule has 4 amide bonds. The quantitative estimate of drug-likeness (QED) is 0.573. The molecule has 1 saturated heterocycles. The fourth-order valence-corrected chi connectivity index (χ4v) is 4.13. The lowest BCUT2D eigenvalue weighted by molar-refractivity contribution is -0.132. The van der Waals surface area contributed by atoms with Crippen LogP contribution < -0.4 is 5.32 Å². The van der Waals surface area contributed by atoms with Crippen LogP contribution in [0.5, 0.6) is 0 Å². The van der Waals surface area contributed by atoms with E-state index in [1.165, 1.54) is 12.1 Å².